The number of carboxylic acids is 3. The number of carbonyl (C=O) groups is 4. The van der Waals surface area contributed by atoms with Crippen molar-refractivity contribution in [1.82, 2.24) is 19.6 Å². The van der Waals surface area contributed by atoms with Crippen molar-refractivity contribution < 1.29 is 34.5 Å². The Hall–Kier alpha value is -2.24. The number of rotatable bonds is 34. The molecule has 0 aromatic carbocycles. The number of hydrogen-bond acceptors (Lipinski definition) is 7. The van der Waals surface area contributed by atoms with Crippen LogP contribution in [0.15, 0.2) is 0 Å². The third-order valence-electron chi connectivity index (χ3n) is 10.2. The van der Waals surface area contributed by atoms with Gasteiger partial charge in [-0.1, -0.05) is 129 Å². The SMILES string of the molecule is CCCCCCCCCCCCN(CCCCCCCCCCCC)C(=O)CCCCN(CC(=O)O)C1CN(CC(=O)O)CCN(CC(=O)O)C1. The smallest absolute Gasteiger partial charge is 0.317 e. The van der Waals surface area contributed by atoms with E-state index in [1.807, 2.05) is 4.90 Å². The standard InChI is InChI=1S/C40H76N4O7/c1-3-5-7-9-11-13-15-17-19-22-26-43(27-23-20-18-16-14-12-10-8-6-4-2)37(45)25-21-24-28-44(35-40(50)51)36-31-41(33-38(46)47)29-30-42(32-36)34-39(48)49/h36H,3-35H2,1-2H3,(H,46,47)(H,48,49)(H,50,51). The van der Waals surface area contributed by atoms with Gasteiger partial charge >= 0.3 is 17.9 Å². The first-order valence-electron chi connectivity index (χ1n) is 20.8. The minimum absolute atomic E-state index is 0.180. The summed E-state index contributed by atoms with van der Waals surface area (Å²) in [4.78, 5) is 55.7. The summed E-state index contributed by atoms with van der Waals surface area (Å²) in [7, 11) is 0. The number of carboxylic acid groups (broad SMARTS) is 3. The number of amides is 1. The molecule has 0 aromatic heterocycles. The Morgan fingerprint density at radius 2 is 0.882 bits per heavy atom. The first kappa shape index (κ1) is 46.8. The van der Waals surface area contributed by atoms with E-state index < -0.39 is 17.9 Å². The Bertz CT molecular complexity index is 871. The molecule has 0 spiro atoms. The fourth-order valence-corrected chi connectivity index (χ4v) is 7.28. The lowest BCUT2D eigenvalue weighted by atomic mass is 10.1. The number of unbranched alkanes of at least 4 members (excludes halogenated alkanes) is 19. The van der Waals surface area contributed by atoms with Crippen LogP contribution in [0.3, 0.4) is 0 Å². The van der Waals surface area contributed by atoms with Crippen LogP contribution < -0.4 is 0 Å². The highest BCUT2D eigenvalue weighted by molar-refractivity contribution is 5.76. The van der Waals surface area contributed by atoms with E-state index in [-0.39, 0.29) is 31.6 Å². The van der Waals surface area contributed by atoms with Crippen LogP contribution in [0.1, 0.15) is 162 Å². The minimum atomic E-state index is -0.982. The van der Waals surface area contributed by atoms with Crippen molar-refractivity contribution in [3.05, 3.63) is 0 Å². The van der Waals surface area contributed by atoms with Crippen molar-refractivity contribution >= 4 is 23.8 Å². The topological polar surface area (TPSA) is 142 Å². The third-order valence-corrected chi connectivity index (χ3v) is 10.2. The van der Waals surface area contributed by atoms with Crippen LogP contribution in [-0.2, 0) is 19.2 Å². The van der Waals surface area contributed by atoms with Crippen LogP contribution in [0.4, 0.5) is 0 Å². The molecule has 1 aliphatic rings. The van der Waals surface area contributed by atoms with Crippen molar-refractivity contribution in [3.8, 4) is 0 Å². The van der Waals surface area contributed by atoms with Crippen molar-refractivity contribution in [2.75, 3.05) is 65.4 Å². The van der Waals surface area contributed by atoms with E-state index in [0.717, 1.165) is 38.8 Å². The second-order valence-corrected chi connectivity index (χ2v) is 15.0. The van der Waals surface area contributed by atoms with E-state index in [0.29, 0.717) is 52.0 Å². The molecule has 1 rings (SSSR count). The quantitative estimate of drug-likeness (QED) is 0.0576. The highest BCUT2D eigenvalue weighted by Gasteiger charge is 2.30. The molecule has 11 heteroatoms. The van der Waals surface area contributed by atoms with Crippen molar-refractivity contribution in [2.45, 2.75) is 168 Å². The van der Waals surface area contributed by atoms with Crippen LogP contribution >= 0.6 is 0 Å². The normalized spacial score (nSPS) is 14.6. The number of nitrogens with zero attached hydrogens (tertiary/aromatic N) is 4. The number of hydrogen-bond donors (Lipinski definition) is 3. The van der Waals surface area contributed by atoms with E-state index in [2.05, 4.69) is 18.7 Å². The first-order chi connectivity index (χ1) is 24.7. The molecule has 0 aliphatic carbocycles. The maximum Gasteiger partial charge on any atom is 0.317 e. The van der Waals surface area contributed by atoms with E-state index >= 15 is 0 Å². The minimum Gasteiger partial charge on any atom is -0.480 e. The average molecular weight is 725 g/mol. The number of carbonyl (C=O) groups excluding carboxylic acids is 1. The van der Waals surface area contributed by atoms with Gasteiger partial charge in [0.25, 0.3) is 0 Å². The predicted octanol–water partition coefficient (Wildman–Crippen LogP) is 7.37. The van der Waals surface area contributed by atoms with E-state index in [1.165, 1.54) is 103 Å². The van der Waals surface area contributed by atoms with E-state index in [9.17, 15) is 34.5 Å². The summed E-state index contributed by atoms with van der Waals surface area (Å²) < 4.78 is 0. The van der Waals surface area contributed by atoms with Crippen LogP contribution in [0.2, 0.25) is 0 Å². The predicted molar refractivity (Wildman–Crippen MR) is 205 cm³/mol. The van der Waals surface area contributed by atoms with Gasteiger partial charge in [0, 0.05) is 51.7 Å². The highest BCUT2D eigenvalue weighted by Crippen LogP contribution is 2.16. The van der Waals surface area contributed by atoms with Gasteiger partial charge in [-0.2, -0.15) is 0 Å². The van der Waals surface area contributed by atoms with Crippen molar-refractivity contribution in [3.63, 3.8) is 0 Å². The fraction of sp³-hybridized carbons (Fsp3) is 0.900. The van der Waals surface area contributed by atoms with Gasteiger partial charge in [-0.25, -0.2) is 0 Å². The molecule has 51 heavy (non-hydrogen) atoms. The Kier molecular flexibility index (Phi) is 28.7. The van der Waals surface area contributed by atoms with Crippen LogP contribution in [0.25, 0.3) is 0 Å². The van der Waals surface area contributed by atoms with Crippen LogP contribution in [0, 0.1) is 0 Å². The fourth-order valence-electron chi connectivity index (χ4n) is 7.28. The maximum absolute atomic E-state index is 13.5. The maximum atomic E-state index is 13.5. The van der Waals surface area contributed by atoms with Gasteiger partial charge in [0.05, 0.1) is 19.6 Å². The molecule has 1 aliphatic heterocycles. The highest BCUT2D eigenvalue weighted by atomic mass is 16.4. The molecule has 3 N–H and O–H groups in total. The summed E-state index contributed by atoms with van der Waals surface area (Å²) in [5, 5.41) is 28.5. The average Bonchev–Trinajstić information content (AvgIpc) is 3.27. The first-order valence-corrected chi connectivity index (χ1v) is 20.8. The molecule has 0 bridgehead atoms. The van der Waals surface area contributed by atoms with Gasteiger partial charge in [0.1, 0.15) is 0 Å². The Morgan fingerprint density at radius 3 is 1.25 bits per heavy atom. The van der Waals surface area contributed by atoms with Gasteiger partial charge in [-0.05, 0) is 32.2 Å². The third kappa shape index (κ3) is 26.2. The zero-order valence-corrected chi connectivity index (χ0v) is 32.7. The van der Waals surface area contributed by atoms with E-state index in [1.54, 1.807) is 9.80 Å². The molecule has 1 fully saturated rings. The summed E-state index contributed by atoms with van der Waals surface area (Å²) in [6.07, 6.45) is 27.0. The molecule has 11 nitrogen and oxygen atoms in total. The lowest BCUT2D eigenvalue weighted by Crippen LogP contribution is -2.50. The Balaban J connectivity index is 2.65. The Labute approximate surface area is 310 Å². The van der Waals surface area contributed by atoms with Gasteiger partial charge in [-0.3, -0.25) is 33.9 Å². The van der Waals surface area contributed by atoms with Gasteiger partial charge in [0.15, 0.2) is 0 Å². The molecule has 1 saturated heterocycles. The summed E-state index contributed by atoms with van der Waals surface area (Å²) in [6, 6.07) is -0.331. The van der Waals surface area contributed by atoms with E-state index in [4.69, 9.17) is 0 Å². The monoisotopic (exact) mass is 725 g/mol. The lowest BCUT2D eigenvalue weighted by molar-refractivity contribution is -0.141. The second kappa shape index (κ2) is 31.3. The van der Waals surface area contributed by atoms with Gasteiger partial charge in [-0.15, -0.1) is 0 Å². The largest absolute Gasteiger partial charge is 0.480 e. The second-order valence-electron chi connectivity index (χ2n) is 15.0. The Morgan fingerprint density at radius 1 is 0.510 bits per heavy atom. The molecular formula is C40H76N4O7. The van der Waals surface area contributed by atoms with Gasteiger partial charge in [0.2, 0.25) is 5.91 Å². The van der Waals surface area contributed by atoms with Gasteiger partial charge < -0.3 is 20.2 Å². The van der Waals surface area contributed by atoms with Crippen LogP contribution in [0.5, 0.6) is 0 Å². The molecular weight excluding hydrogens is 648 g/mol. The summed E-state index contributed by atoms with van der Waals surface area (Å²) in [5.41, 5.74) is 0. The summed E-state index contributed by atoms with van der Waals surface area (Å²) in [6.45, 7) is 7.48. The molecule has 0 aromatic rings. The molecule has 298 valence electrons. The molecule has 0 unspecified atom stereocenters. The molecule has 0 atom stereocenters. The summed E-state index contributed by atoms with van der Waals surface area (Å²) >= 11 is 0. The van der Waals surface area contributed by atoms with Crippen molar-refractivity contribution in [2.24, 2.45) is 0 Å². The molecule has 0 radical (unpaired) electrons. The lowest BCUT2D eigenvalue weighted by Gasteiger charge is -2.33. The zero-order valence-electron chi connectivity index (χ0n) is 32.7. The molecule has 1 heterocycles. The number of aliphatic carboxylic acids is 3. The zero-order chi connectivity index (χ0) is 37.5. The molecule has 1 amide bonds. The summed E-state index contributed by atoms with van der Waals surface area (Å²) in [5.74, 6) is -2.74. The molecule has 0 saturated carbocycles. The van der Waals surface area contributed by atoms with Crippen molar-refractivity contribution in [1.29, 1.82) is 0 Å². The van der Waals surface area contributed by atoms with Crippen LogP contribution in [-0.4, -0.2) is 130 Å².